The van der Waals surface area contributed by atoms with Gasteiger partial charge in [0.2, 0.25) is 15.9 Å². The Bertz CT molecular complexity index is 1100. The molecule has 0 aliphatic carbocycles. The van der Waals surface area contributed by atoms with Crippen molar-refractivity contribution in [2.45, 2.75) is 11.1 Å². The van der Waals surface area contributed by atoms with Crippen molar-refractivity contribution in [1.29, 1.82) is 0 Å². The predicted octanol–water partition coefficient (Wildman–Crippen LogP) is 3.22. The van der Waals surface area contributed by atoms with Crippen molar-refractivity contribution in [2.24, 2.45) is 0 Å². The molecule has 2 aromatic rings. The van der Waals surface area contributed by atoms with Crippen LogP contribution < -0.4 is 5.32 Å². The largest absolute Gasteiger partial charge is 0.416 e. The first-order chi connectivity index (χ1) is 14.9. The Balaban J connectivity index is 2.20. The maximum atomic E-state index is 13.0. The fourth-order valence-electron chi connectivity index (χ4n) is 2.69. The van der Waals surface area contributed by atoms with Gasteiger partial charge in [-0.2, -0.15) is 17.5 Å². The lowest BCUT2D eigenvalue weighted by Gasteiger charge is -2.21. The molecule has 1 N–H and O–H groups in total. The summed E-state index contributed by atoms with van der Waals surface area (Å²) in [4.78, 5) is 25.1. The number of halogens is 3. The first kappa shape index (κ1) is 25.1. The van der Waals surface area contributed by atoms with E-state index in [1.54, 1.807) is 14.1 Å². The number of carbonyl (C=O) groups is 2. The van der Waals surface area contributed by atoms with E-state index in [2.05, 4.69) is 11.9 Å². The van der Waals surface area contributed by atoms with E-state index >= 15 is 0 Å². The average molecular weight is 469 g/mol. The first-order valence-electron chi connectivity index (χ1n) is 9.26. The van der Waals surface area contributed by atoms with Crippen LogP contribution in [0.3, 0.4) is 0 Å². The van der Waals surface area contributed by atoms with Crippen molar-refractivity contribution in [3.8, 4) is 0 Å². The lowest BCUT2D eigenvalue weighted by atomic mass is 10.2. The summed E-state index contributed by atoms with van der Waals surface area (Å²) >= 11 is 0. The minimum Gasteiger partial charge on any atom is -0.345 e. The molecule has 172 valence electrons. The summed E-state index contributed by atoms with van der Waals surface area (Å²) in [5.74, 6) is -0.943. The third-order valence-electron chi connectivity index (χ3n) is 4.27. The number of rotatable bonds is 8. The van der Waals surface area contributed by atoms with Gasteiger partial charge in [-0.05, 0) is 42.5 Å². The zero-order valence-corrected chi connectivity index (χ0v) is 18.2. The molecule has 0 atom stereocenters. The molecule has 0 aromatic heterocycles. The van der Waals surface area contributed by atoms with Crippen molar-refractivity contribution < 1.29 is 31.2 Å². The van der Waals surface area contributed by atoms with Crippen LogP contribution in [0.1, 0.15) is 15.9 Å². The van der Waals surface area contributed by atoms with E-state index in [9.17, 15) is 31.2 Å². The number of sulfonamides is 1. The number of alkyl halides is 3. The molecule has 0 aliphatic heterocycles. The van der Waals surface area contributed by atoms with Crippen molar-refractivity contribution in [3.05, 3.63) is 72.3 Å². The Morgan fingerprint density at radius 3 is 2.25 bits per heavy atom. The molecule has 0 aliphatic rings. The lowest BCUT2D eigenvalue weighted by molar-refractivity contribution is -0.137. The van der Waals surface area contributed by atoms with Gasteiger partial charge in [0.15, 0.2) is 0 Å². The SMILES string of the molecule is C=CCN(CC(=O)Nc1ccc(C(=O)N(C)C)cc1)S(=O)(=O)c1cccc(C(F)(F)F)c1. The fraction of sp³-hybridized carbons (Fsp3) is 0.238. The molecule has 0 unspecified atom stereocenters. The molecule has 0 spiro atoms. The van der Waals surface area contributed by atoms with Crippen LogP contribution in [0, 0.1) is 0 Å². The standard InChI is InChI=1S/C21H22F3N3O4S/c1-4-12-27(32(30,31)18-7-5-6-16(13-18)21(22,23)24)14-19(28)25-17-10-8-15(9-11-17)20(29)26(2)3/h4-11,13H,1,12,14H2,2-3H3,(H,25,28). The monoisotopic (exact) mass is 469 g/mol. The van der Waals surface area contributed by atoms with E-state index in [1.807, 2.05) is 0 Å². The number of benzene rings is 2. The summed E-state index contributed by atoms with van der Waals surface area (Å²) in [5, 5.41) is 2.50. The van der Waals surface area contributed by atoms with Crippen LogP contribution in [0.2, 0.25) is 0 Å². The average Bonchev–Trinajstić information content (AvgIpc) is 2.73. The van der Waals surface area contributed by atoms with Crippen molar-refractivity contribution in [1.82, 2.24) is 9.21 Å². The van der Waals surface area contributed by atoms with Gasteiger partial charge in [0, 0.05) is 31.9 Å². The molecule has 11 heteroatoms. The third kappa shape index (κ3) is 6.17. The Morgan fingerprint density at radius 2 is 1.72 bits per heavy atom. The summed E-state index contributed by atoms with van der Waals surface area (Å²) in [6.45, 7) is 2.50. The number of nitrogens with one attached hydrogen (secondary N) is 1. The van der Waals surface area contributed by atoms with Gasteiger partial charge < -0.3 is 10.2 Å². The molecule has 2 rings (SSSR count). The van der Waals surface area contributed by atoms with Crippen molar-refractivity contribution >= 4 is 27.5 Å². The van der Waals surface area contributed by atoms with E-state index in [0.717, 1.165) is 22.5 Å². The van der Waals surface area contributed by atoms with Gasteiger partial charge in [0.05, 0.1) is 17.0 Å². The molecule has 0 heterocycles. The molecule has 0 bridgehead atoms. The van der Waals surface area contributed by atoms with Crippen LogP contribution in [0.4, 0.5) is 18.9 Å². The number of hydrogen-bond donors (Lipinski definition) is 1. The van der Waals surface area contributed by atoms with E-state index in [1.165, 1.54) is 35.2 Å². The molecular formula is C21H22F3N3O4S. The first-order valence-corrected chi connectivity index (χ1v) is 10.7. The highest BCUT2D eigenvalue weighted by molar-refractivity contribution is 7.89. The van der Waals surface area contributed by atoms with Gasteiger partial charge in [0.1, 0.15) is 0 Å². The second-order valence-electron chi connectivity index (χ2n) is 6.94. The number of nitrogens with zero attached hydrogens (tertiary/aromatic N) is 2. The van der Waals surface area contributed by atoms with Gasteiger partial charge in [-0.25, -0.2) is 8.42 Å². The topological polar surface area (TPSA) is 86.8 Å². The Hall–Kier alpha value is -3.18. The van der Waals surface area contributed by atoms with Crippen LogP contribution in [0.15, 0.2) is 66.1 Å². The summed E-state index contributed by atoms with van der Waals surface area (Å²) in [6.07, 6.45) is -3.49. The highest BCUT2D eigenvalue weighted by Crippen LogP contribution is 2.31. The van der Waals surface area contributed by atoms with E-state index in [0.29, 0.717) is 17.3 Å². The van der Waals surface area contributed by atoms with Crippen LogP contribution in [0.25, 0.3) is 0 Å². The van der Waals surface area contributed by atoms with E-state index in [4.69, 9.17) is 0 Å². The number of carbonyl (C=O) groups excluding carboxylic acids is 2. The molecule has 2 amide bonds. The van der Waals surface area contributed by atoms with Gasteiger partial charge in [0.25, 0.3) is 5.91 Å². The molecule has 32 heavy (non-hydrogen) atoms. The molecule has 7 nitrogen and oxygen atoms in total. The number of anilines is 1. The summed E-state index contributed by atoms with van der Waals surface area (Å²) < 4.78 is 65.3. The molecule has 0 radical (unpaired) electrons. The Morgan fingerprint density at radius 1 is 1.09 bits per heavy atom. The molecule has 2 aromatic carbocycles. The van der Waals surface area contributed by atoms with Gasteiger partial charge in [-0.3, -0.25) is 9.59 Å². The van der Waals surface area contributed by atoms with E-state index in [-0.39, 0.29) is 12.5 Å². The highest BCUT2D eigenvalue weighted by Gasteiger charge is 2.33. The van der Waals surface area contributed by atoms with Gasteiger partial charge >= 0.3 is 6.18 Å². The number of amides is 2. The summed E-state index contributed by atoms with van der Waals surface area (Å²) in [7, 11) is -1.22. The zero-order chi connectivity index (χ0) is 24.1. The van der Waals surface area contributed by atoms with Crippen LogP contribution >= 0.6 is 0 Å². The third-order valence-corrected chi connectivity index (χ3v) is 6.08. The summed E-state index contributed by atoms with van der Waals surface area (Å²) in [5.41, 5.74) is -0.400. The highest BCUT2D eigenvalue weighted by atomic mass is 32.2. The lowest BCUT2D eigenvalue weighted by Crippen LogP contribution is -2.38. The van der Waals surface area contributed by atoms with Crippen LogP contribution in [-0.2, 0) is 21.0 Å². The van der Waals surface area contributed by atoms with Crippen molar-refractivity contribution in [3.63, 3.8) is 0 Å². The predicted molar refractivity (Wildman–Crippen MR) is 113 cm³/mol. The minimum absolute atomic E-state index is 0.229. The van der Waals surface area contributed by atoms with Crippen LogP contribution in [-0.4, -0.2) is 56.6 Å². The molecule has 0 fully saturated rings. The maximum Gasteiger partial charge on any atom is 0.416 e. The normalized spacial score (nSPS) is 11.8. The Kier molecular flexibility index (Phi) is 7.81. The quantitative estimate of drug-likeness (QED) is 0.602. The second kappa shape index (κ2) is 9.96. The minimum atomic E-state index is -4.72. The van der Waals surface area contributed by atoms with E-state index < -0.39 is 39.1 Å². The van der Waals surface area contributed by atoms with Crippen LogP contribution in [0.5, 0.6) is 0 Å². The zero-order valence-electron chi connectivity index (χ0n) is 17.4. The maximum absolute atomic E-state index is 13.0. The number of hydrogen-bond acceptors (Lipinski definition) is 4. The Labute approximate surface area is 184 Å². The fourth-order valence-corrected chi connectivity index (χ4v) is 4.10. The van der Waals surface area contributed by atoms with Gasteiger partial charge in [-0.1, -0.05) is 12.1 Å². The van der Waals surface area contributed by atoms with Crippen molar-refractivity contribution in [2.75, 3.05) is 32.5 Å². The smallest absolute Gasteiger partial charge is 0.345 e. The molecule has 0 saturated heterocycles. The molecular weight excluding hydrogens is 447 g/mol. The van der Waals surface area contributed by atoms with Gasteiger partial charge in [-0.15, -0.1) is 6.58 Å². The second-order valence-corrected chi connectivity index (χ2v) is 8.87. The summed E-state index contributed by atoms with van der Waals surface area (Å²) in [6, 6.07) is 9.24. The molecule has 0 saturated carbocycles.